The number of nitrogens with one attached hydrogen (secondary N) is 1. The topological polar surface area (TPSA) is 24.9 Å². The Morgan fingerprint density at radius 3 is 3.00 bits per heavy atom. The fourth-order valence-electron chi connectivity index (χ4n) is 2.60. The maximum atomic E-state index is 13.5. The molecule has 106 valence electrons. The number of thioether (sulfide) groups is 1. The fraction of sp³-hybridized carbons (Fsp3) is 0.188. The number of halogens is 1. The standard InChI is InChI=1S/C16H13FN2S2/c17-10-5-6-14-11(9-10)12(7-8-20-14)18-16-19-13-3-1-2-4-15(13)21-16/h1-6,9,12H,7-8H2,(H,18,19). The molecule has 3 aromatic rings. The summed E-state index contributed by atoms with van der Waals surface area (Å²) in [6.45, 7) is 0. The van der Waals surface area contributed by atoms with Crippen molar-refractivity contribution in [1.82, 2.24) is 4.98 Å². The highest BCUT2D eigenvalue weighted by atomic mass is 32.2. The lowest BCUT2D eigenvalue weighted by Crippen LogP contribution is -2.16. The fourth-order valence-corrected chi connectivity index (χ4v) is 4.62. The first kappa shape index (κ1) is 13.1. The molecule has 0 bridgehead atoms. The average molecular weight is 316 g/mol. The van der Waals surface area contributed by atoms with Gasteiger partial charge in [0.1, 0.15) is 5.82 Å². The average Bonchev–Trinajstić information content (AvgIpc) is 2.90. The predicted octanol–water partition coefficient (Wildman–Crippen LogP) is 5.08. The van der Waals surface area contributed by atoms with Crippen LogP contribution in [0.25, 0.3) is 10.2 Å². The molecule has 4 rings (SSSR count). The zero-order valence-electron chi connectivity index (χ0n) is 11.2. The first-order valence-electron chi connectivity index (χ1n) is 6.84. The summed E-state index contributed by atoms with van der Waals surface area (Å²) < 4.78 is 14.7. The number of hydrogen-bond donors (Lipinski definition) is 1. The number of fused-ring (bicyclic) bond motifs is 2. The van der Waals surface area contributed by atoms with Gasteiger partial charge in [0.05, 0.1) is 16.3 Å². The lowest BCUT2D eigenvalue weighted by Gasteiger charge is -2.25. The Morgan fingerprint density at radius 2 is 2.10 bits per heavy atom. The van der Waals surface area contributed by atoms with Gasteiger partial charge in [-0.1, -0.05) is 23.5 Å². The summed E-state index contributed by atoms with van der Waals surface area (Å²) >= 11 is 3.44. The summed E-state index contributed by atoms with van der Waals surface area (Å²) in [6, 6.07) is 13.3. The lowest BCUT2D eigenvalue weighted by molar-refractivity contribution is 0.616. The smallest absolute Gasteiger partial charge is 0.184 e. The monoisotopic (exact) mass is 316 g/mol. The molecule has 2 heterocycles. The second-order valence-corrected chi connectivity index (χ2v) is 7.17. The van der Waals surface area contributed by atoms with Crippen LogP contribution in [-0.2, 0) is 0 Å². The van der Waals surface area contributed by atoms with E-state index in [1.165, 1.54) is 15.7 Å². The summed E-state index contributed by atoms with van der Waals surface area (Å²) in [5.41, 5.74) is 2.06. The maximum Gasteiger partial charge on any atom is 0.184 e. The molecule has 1 unspecified atom stereocenters. The molecule has 1 aliphatic rings. The maximum absolute atomic E-state index is 13.5. The van der Waals surface area contributed by atoms with E-state index in [0.29, 0.717) is 0 Å². The number of aromatic nitrogens is 1. The number of anilines is 1. The first-order valence-corrected chi connectivity index (χ1v) is 8.64. The molecular weight excluding hydrogens is 303 g/mol. The third-order valence-electron chi connectivity index (χ3n) is 3.60. The van der Waals surface area contributed by atoms with Crippen LogP contribution in [-0.4, -0.2) is 10.7 Å². The van der Waals surface area contributed by atoms with Gasteiger partial charge in [-0.3, -0.25) is 0 Å². The van der Waals surface area contributed by atoms with Crippen LogP contribution in [0, 0.1) is 5.82 Å². The van der Waals surface area contributed by atoms with Crippen LogP contribution in [0.2, 0.25) is 0 Å². The van der Waals surface area contributed by atoms with Gasteiger partial charge in [-0.2, -0.15) is 0 Å². The van der Waals surface area contributed by atoms with Crippen LogP contribution < -0.4 is 5.32 Å². The van der Waals surface area contributed by atoms with E-state index in [9.17, 15) is 4.39 Å². The summed E-state index contributed by atoms with van der Waals surface area (Å²) in [7, 11) is 0. The second kappa shape index (κ2) is 5.31. The van der Waals surface area contributed by atoms with Gasteiger partial charge >= 0.3 is 0 Å². The number of thiazole rings is 1. The molecule has 0 radical (unpaired) electrons. The molecule has 0 spiro atoms. The van der Waals surface area contributed by atoms with E-state index < -0.39 is 0 Å². The van der Waals surface area contributed by atoms with Crippen LogP contribution in [0.1, 0.15) is 18.0 Å². The summed E-state index contributed by atoms with van der Waals surface area (Å²) in [6.07, 6.45) is 0.983. The first-order chi connectivity index (χ1) is 10.3. The molecule has 0 aliphatic carbocycles. The third-order valence-corrected chi connectivity index (χ3v) is 5.69. The summed E-state index contributed by atoms with van der Waals surface area (Å²) in [4.78, 5) is 5.78. The van der Waals surface area contributed by atoms with Crippen LogP contribution in [0.15, 0.2) is 47.4 Å². The lowest BCUT2D eigenvalue weighted by atomic mass is 10.0. The van der Waals surface area contributed by atoms with Crippen molar-refractivity contribution < 1.29 is 4.39 Å². The van der Waals surface area contributed by atoms with E-state index in [-0.39, 0.29) is 11.9 Å². The molecule has 1 N–H and O–H groups in total. The second-order valence-electron chi connectivity index (χ2n) is 5.00. The molecule has 5 heteroatoms. The molecule has 1 aliphatic heterocycles. The molecule has 21 heavy (non-hydrogen) atoms. The Morgan fingerprint density at radius 1 is 1.19 bits per heavy atom. The minimum Gasteiger partial charge on any atom is -0.355 e. The summed E-state index contributed by atoms with van der Waals surface area (Å²) in [5, 5.41) is 4.39. The highest BCUT2D eigenvalue weighted by Gasteiger charge is 2.22. The largest absolute Gasteiger partial charge is 0.355 e. The zero-order chi connectivity index (χ0) is 14.2. The van der Waals surface area contributed by atoms with Crippen LogP contribution in [0.3, 0.4) is 0 Å². The molecule has 0 amide bonds. The van der Waals surface area contributed by atoms with E-state index in [1.54, 1.807) is 29.2 Å². The van der Waals surface area contributed by atoms with Gasteiger partial charge in [0.25, 0.3) is 0 Å². The van der Waals surface area contributed by atoms with Gasteiger partial charge in [-0.15, -0.1) is 11.8 Å². The molecule has 2 aromatic carbocycles. The number of nitrogens with zero attached hydrogens (tertiary/aromatic N) is 1. The SMILES string of the molecule is Fc1ccc2c(c1)C(Nc1nc3ccccc3s1)CCS2. The van der Waals surface area contributed by atoms with Crippen LogP contribution in [0.5, 0.6) is 0 Å². The zero-order valence-corrected chi connectivity index (χ0v) is 12.8. The van der Waals surface area contributed by atoms with E-state index in [2.05, 4.69) is 16.4 Å². The Kier molecular flexibility index (Phi) is 3.31. The predicted molar refractivity (Wildman–Crippen MR) is 87.7 cm³/mol. The molecule has 1 atom stereocenters. The highest BCUT2D eigenvalue weighted by molar-refractivity contribution is 7.99. The van der Waals surface area contributed by atoms with Crippen molar-refractivity contribution in [2.45, 2.75) is 17.4 Å². The van der Waals surface area contributed by atoms with Gasteiger partial charge in [0.15, 0.2) is 5.13 Å². The van der Waals surface area contributed by atoms with E-state index in [0.717, 1.165) is 28.4 Å². The number of rotatable bonds is 2. The highest BCUT2D eigenvalue weighted by Crippen LogP contribution is 2.39. The number of benzene rings is 2. The summed E-state index contributed by atoms with van der Waals surface area (Å²) in [5.74, 6) is 0.869. The Balaban J connectivity index is 1.67. The molecule has 0 saturated carbocycles. The number of para-hydroxylation sites is 1. The Bertz CT molecular complexity index is 767. The quantitative estimate of drug-likeness (QED) is 0.713. The molecule has 0 fully saturated rings. The van der Waals surface area contributed by atoms with Gasteiger partial charge in [0.2, 0.25) is 0 Å². The Hall–Kier alpha value is -1.59. The van der Waals surface area contributed by atoms with E-state index in [4.69, 9.17) is 0 Å². The van der Waals surface area contributed by atoms with Crippen LogP contribution in [0.4, 0.5) is 9.52 Å². The van der Waals surface area contributed by atoms with Crippen molar-refractivity contribution >= 4 is 38.4 Å². The van der Waals surface area contributed by atoms with Crippen molar-refractivity contribution in [2.24, 2.45) is 0 Å². The van der Waals surface area contributed by atoms with Crippen molar-refractivity contribution in [1.29, 1.82) is 0 Å². The Labute approximate surface area is 130 Å². The van der Waals surface area contributed by atoms with E-state index in [1.807, 2.05) is 24.3 Å². The minimum absolute atomic E-state index is 0.137. The van der Waals surface area contributed by atoms with Gasteiger partial charge in [-0.25, -0.2) is 9.37 Å². The number of hydrogen-bond acceptors (Lipinski definition) is 4. The van der Waals surface area contributed by atoms with Crippen molar-refractivity contribution in [3.8, 4) is 0 Å². The van der Waals surface area contributed by atoms with Crippen LogP contribution >= 0.6 is 23.1 Å². The van der Waals surface area contributed by atoms with Gasteiger partial charge < -0.3 is 5.32 Å². The van der Waals surface area contributed by atoms with Gasteiger partial charge in [-0.05, 0) is 42.3 Å². The molecule has 2 nitrogen and oxygen atoms in total. The van der Waals surface area contributed by atoms with E-state index >= 15 is 0 Å². The van der Waals surface area contributed by atoms with Gasteiger partial charge in [0, 0.05) is 10.6 Å². The molecule has 0 saturated heterocycles. The molecule has 1 aromatic heterocycles. The minimum atomic E-state index is -0.174. The normalized spacial score (nSPS) is 17.7. The third kappa shape index (κ3) is 2.51. The molecular formula is C16H13FN2S2. The van der Waals surface area contributed by atoms with Crippen molar-refractivity contribution in [2.75, 3.05) is 11.1 Å². The van der Waals surface area contributed by atoms with Crippen molar-refractivity contribution in [3.63, 3.8) is 0 Å². The van der Waals surface area contributed by atoms with Crippen molar-refractivity contribution in [3.05, 3.63) is 53.8 Å².